The van der Waals surface area contributed by atoms with Crippen molar-refractivity contribution in [3.05, 3.63) is 313 Å². The second-order valence-corrected chi connectivity index (χ2v) is 20.0. The fraction of sp³-hybridized carbons (Fsp3) is 0.0137. The smallest absolute Gasteiger partial charge is 0.0713 e. The minimum atomic E-state index is -0.429. The van der Waals surface area contributed by atoms with E-state index in [4.69, 9.17) is 0 Å². The molecular weight excluding hydrogens is 905 g/mol. The van der Waals surface area contributed by atoms with E-state index in [1.54, 1.807) is 0 Å². The van der Waals surface area contributed by atoms with Gasteiger partial charge in [-0.1, -0.05) is 218 Å². The van der Waals surface area contributed by atoms with Gasteiger partial charge in [0.15, 0.2) is 0 Å². The lowest BCUT2D eigenvalue weighted by molar-refractivity contribution is 0.769. The molecule has 1 aliphatic rings. The predicted octanol–water partition coefficient (Wildman–Crippen LogP) is 18.9. The largest absolute Gasteiger partial charge is 0.309 e. The molecule has 0 radical (unpaired) electrons. The van der Waals surface area contributed by atoms with Gasteiger partial charge in [-0.3, -0.25) is 0 Å². The summed E-state index contributed by atoms with van der Waals surface area (Å²) >= 11 is 0. The Hall–Kier alpha value is -9.76. The minimum Gasteiger partial charge on any atom is -0.309 e. The number of nitrogens with zero attached hydrogens (tertiary/aromatic N) is 2. The van der Waals surface area contributed by atoms with Gasteiger partial charge in [0.25, 0.3) is 0 Å². The van der Waals surface area contributed by atoms with Crippen LogP contribution in [-0.2, 0) is 5.41 Å². The van der Waals surface area contributed by atoms with E-state index in [0.29, 0.717) is 0 Å². The van der Waals surface area contributed by atoms with Crippen LogP contribution in [-0.4, -0.2) is 9.13 Å². The van der Waals surface area contributed by atoms with Gasteiger partial charge in [-0.15, -0.1) is 0 Å². The van der Waals surface area contributed by atoms with Crippen LogP contribution in [0.3, 0.4) is 0 Å². The molecule has 2 heteroatoms. The van der Waals surface area contributed by atoms with Gasteiger partial charge in [-0.2, -0.15) is 0 Å². The Morgan fingerprint density at radius 2 is 0.587 bits per heavy atom. The van der Waals surface area contributed by atoms with E-state index in [1.807, 2.05) is 0 Å². The van der Waals surface area contributed by atoms with Crippen molar-refractivity contribution in [2.75, 3.05) is 0 Å². The zero-order valence-electron chi connectivity index (χ0n) is 41.1. The van der Waals surface area contributed by atoms with Crippen LogP contribution in [0.25, 0.3) is 111 Å². The van der Waals surface area contributed by atoms with Crippen LogP contribution in [0.5, 0.6) is 0 Å². The van der Waals surface area contributed by atoms with Gasteiger partial charge < -0.3 is 9.13 Å². The Kier molecular flexibility index (Phi) is 9.83. The lowest BCUT2D eigenvalue weighted by Crippen LogP contribution is -2.28. The van der Waals surface area contributed by atoms with Gasteiger partial charge in [0, 0.05) is 32.9 Å². The van der Waals surface area contributed by atoms with Crippen molar-refractivity contribution in [1.29, 1.82) is 0 Å². The lowest BCUT2D eigenvalue weighted by atomic mass is 9.67. The Bertz CT molecular complexity index is 4450. The van der Waals surface area contributed by atoms with Crippen LogP contribution in [0.1, 0.15) is 22.3 Å². The fourth-order valence-electron chi connectivity index (χ4n) is 12.6. The maximum atomic E-state index is 2.41. The van der Waals surface area contributed by atoms with E-state index in [1.165, 1.54) is 127 Å². The van der Waals surface area contributed by atoms with Crippen molar-refractivity contribution in [2.45, 2.75) is 5.41 Å². The molecule has 75 heavy (non-hydrogen) atoms. The lowest BCUT2D eigenvalue weighted by Gasteiger charge is -2.34. The third-order valence-electron chi connectivity index (χ3n) is 16.0. The van der Waals surface area contributed by atoms with E-state index in [2.05, 4.69) is 300 Å². The van der Waals surface area contributed by atoms with Crippen molar-refractivity contribution in [2.24, 2.45) is 0 Å². The molecule has 0 fully saturated rings. The Morgan fingerprint density at radius 3 is 1.13 bits per heavy atom. The molecule has 0 amide bonds. The first-order valence-corrected chi connectivity index (χ1v) is 26.0. The number of hydrogen-bond acceptors (Lipinski definition) is 0. The molecule has 0 N–H and O–H groups in total. The van der Waals surface area contributed by atoms with Crippen molar-refractivity contribution in [3.8, 4) is 67.0 Å². The number of rotatable bonds is 8. The summed E-state index contributed by atoms with van der Waals surface area (Å²) in [4.78, 5) is 0. The average Bonchev–Trinajstić information content (AvgIpc) is 4.25. The molecule has 2 aromatic heterocycles. The number of benzene rings is 12. The highest BCUT2D eigenvalue weighted by molar-refractivity contribution is 6.12. The number of para-hydroxylation sites is 3. The summed E-state index contributed by atoms with van der Waals surface area (Å²) in [7, 11) is 0. The van der Waals surface area contributed by atoms with Crippen molar-refractivity contribution >= 4 is 43.6 Å². The zero-order chi connectivity index (χ0) is 49.5. The summed E-state index contributed by atoms with van der Waals surface area (Å²) in [5.41, 5.74) is 24.1. The van der Waals surface area contributed by atoms with E-state index in [9.17, 15) is 0 Å². The van der Waals surface area contributed by atoms with Crippen LogP contribution in [0.2, 0.25) is 0 Å². The van der Waals surface area contributed by atoms with Crippen molar-refractivity contribution < 1.29 is 0 Å². The highest BCUT2D eigenvalue weighted by atomic mass is 15.0. The number of aromatic nitrogens is 2. The van der Waals surface area contributed by atoms with Crippen LogP contribution in [0.4, 0.5) is 0 Å². The summed E-state index contributed by atoms with van der Waals surface area (Å²) in [6, 6.07) is 107. The van der Waals surface area contributed by atoms with Gasteiger partial charge in [0.1, 0.15) is 0 Å². The van der Waals surface area contributed by atoms with E-state index < -0.39 is 5.41 Å². The highest BCUT2D eigenvalue weighted by Crippen LogP contribution is 2.56. The molecule has 0 saturated heterocycles. The molecule has 2 heterocycles. The molecule has 14 aromatic rings. The summed E-state index contributed by atoms with van der Waals surface area (Å²) < 4.78 is 4.79. The molecule has 350 valence electrons. The average molecular weight is 953 g/mol. The van der Waals surface area contributed by atoms with Crippen LogP contribution in [0, 0.1) is 0 Å². The predicted molar refractivity (Wildman–Crippen MR) is 314 cm³/mol. The Balaban J connectivity index is 0.734. The first-order chi connectivity index (χ1) is 37.2. The first kappa shape index (κ1) is 42.9. The third-order valence-corrected chi connectivity index (χ3v) is 16.0. The molecule has 0 aliphatic heterocycles. The van der Waals surface area contributed by atoms with Gasteiger partial charge in [-0.05, 0) is 151 Å². The van der Waals surface area contributed by atoms with Gasteiger partial charge in [0.2, 0.25) is 0 Å². The maximum Gasteiger partial charge on any atom is 0.0713 e. The normalized spacial score (nSPS) is 12.6. The fourth-order valence-corrected chi connectivity index (χ4v) is 12.6. The van der Waals surface area contributed by atoms with Crippen LogP contribution in [0.15, 0.2) is 291 Å². The van der Waals surface area contributed by atoms with E-state index >= 15 is 0 Å². The molecular formula is C73H48N2. The second kappa shape index (κ2) is 17.2. The van der Waals surface area contributed by atoms with Crippen molar-refractivity contribution in [1.82, 2.24) is 9.13 Å². The molecule has 0 atom stereocenters. The molecule has 1 aliphatic carbocycles. The monoisotopic (exact) mass is 952 g/mol. The number of fused-ring (bicyclic) bond motifs is 9. The first-order valence-electron chi connectivity index (χ1n) is 26.0. The topological polar surface area (TPSA) is 9.86 Å². The molecule has 12 aromatic carbocycles. The second-order valence-electron chi connectivity index (χ2n) is 20.0. The van der Waals surface area contributed by atoms with E-state index in [0.717, 1.165) is 5.69 Å². The Morgan fingerprint density at radius 1 is 0.213 bits per heavy atom. The summed E-state index contributed by atoms with van der Waals surface area (Å²) in [6.45, 7) is 0. The highest BCUT2D eigenvalue weighted by Gasteiger charge is 2.45. The SMILES string of the molecule is c1ccc(-n2c3ccccc3c3cc(-c4ccc5c(c4)c4ccccc4n5-c4ccc(-c5cccc(-c6ccc(-c7cccc(C8(c9ccccc9)c9ccccc9-c9ccccc98)c7)cc6)c5)cc4)ccc32)cc1. The van der Waals surface area contributed by atoms with Gasteiger partial charge in [-0.25, -0.2) is 0 Å². The standard InChI is InChI=1S/C73H48N2/c1-3-20-57(21-4-1)73(67-29-11-7-25-61(67)62-26-8-12-30-68(62)73)58-22-16-19-54(46-58)50-35-33-49(34-36-50)52-17-15-18-53(45-52)51-37-41-60(42-38-51)75-70-32-14-10-28-64(70)66-48-56(40-44-72(66)75)55-39-43-71-65(47-55)63-27-9-13-31-69(63)74(71)59-23-5-2-6-24-59/h1-48H. The zero-order valence-corrected chi connectivity index (χ0v) is 41.1. The molecule has 0 saturated carbocycles. The number of hydrogen-bond donors (Lipinski definition) is 0. The third kappa shape index (κ3) is 6.73. The van der Waals surface area contributed by atoms with Crippen LogP contribution < -0.4 is 0 Å². The molecule has 0 unspecified atom stereocenters. The van der Waals surface area contributed by atoms with Gasteiger partial charge >= 0.3 is 0 Å². The van der Waals surface area contributed by atoms with Gasteiger partial charge in [0.05, 0.1) is 27.5 Å². The Labute approximate surface area is 436 Å². The van der Waals surface area contributed by atoms with Crippen molar-refractivity contribution in [3.63, 3.8) is 0 Å². The molecule has 2 nitrogen and oxygen atoms in total. The summed E-state index contributed by atoms with van der Waals surface area (Å²) in [6.07, 6.45) is 0. The minimum absolute atomic E-state index is 0.429. The maximum absolute atomic E-state index is 2.41. The summed E-state index contributed by atoms with van der Waals surface area (Å²) in [5.74, 6) is 0. The summed E-state index contributed by atoms with van der Waals surface area (Å²) in [5, 5.41) is 5.00. The van der Waals surface area contributed by atoms with E-state index in [-0.39, 0.29) is 0 Å². The molecule has 0 bridgehead atoms. The molecule has 15 rings (SSSR count). The molecule has 0 spiro atoms. The van der Waals surface area contributed by atoms with Crippen LogP contribution >= 0.6 is 0 Å². The quantitative estimate of drug-likeness (QED) is 0.144.